The predicted octanol–water partition coefficient (Wildman–Crippen LogP) is 4.89. The first-order valence-corrected chi connectivity index (χ1v) is 10.4. The number of fused-ring (bicyclic) bond motifs is 1. The normalized spacial score (nSPS) is 11.0. The summed E-state index contributed by atoms with van der Waals surface area (Å²) in [6, 6.07) is 26.6. The molecule has 0 N–H and O–H groups in total. The number of furan rings is 1. The molecule has 0 aliphatic heterocycles. The molecule has 0 unspecified atom stereocenters. The van der Waals surface area contributed by atoms with Crippen LogP contribution in [0.25, 0.3) is 11.0 Å². The molecule has 0 saturated carbocycles. The molecular formula is C20H13ClOSSe. The summed E-state index contributed by atoms with van der Waals surface area (Å²) in [7, 11) is 0. The van der Waals surface area contributed by atoms with Crippen LogP contribution in [0.2, 0.25) is 5.02 Å². The number of hydrogen-bond donors (Lipinski definition) is 0. The van der Waals surface area contributed by atoms with Crippen LogP contribution in [0.5, 0.6) is 0 Å². The average molecular weight is 416 g/mol. The van der Waals surface area contributed by atoms with Crippen molar-refractivity contribution in [3.05, 3.63) is 83.9 Å². The molecule has 0 amide bonds. The molecule has 1 heterocycles. The van der Waals surface area contributed by atoms with E-state index < -0.39 is 0 Å². The first-order valence-electron chi connectivity index (χ1n) is 7.48. The first kappa shape index (κ1) is 15.9. The number of benzene rings is 3. The molecule has 0 aliphatic carbocycles. The standard InChI is InChI=1S/C20H13ClOSSe/c21-16-11-5-7-13-18(16)23-19-15-10-4-6-12-17(15)22-20(19)24-14-8-2-1-3-9-14/h1-13H. The third kappa shape index (κ3) is 3.26. The first-order chi connectivity index (χ1) is 11.8. The Morgan fingerprint density at radius 3 is 2.33 bits per heavy atom. The Bertz CT molecular complexity index is 981. The van der Waals surface area contributed by atoms with E-state index in [1.807, 2.05) is 48.5 Å². The number of halogens is 1. The minimum absolute atomic E-state index is 0.115. The van der Waals surface area contributed by atoms with Crippen molar-refractivity contribution in [2.75, 3.05) is 0 Å². The zero-order chi connectivity index (χ0) is 16.4. The van der Waals surface area contributed by atoms with E-state index in [-0.39, 0.29) is 15.0 Å². The monoisotopic (exact) mass is 416 g/mol. The zero-order valence-electron chi connectivity index (χ0n) is 12.6. The van der Waals surface area contributed by atoms with E-state index in [0.29, 0.717) is 0 Å². The molecule has 4 aromatic rings. The van der Waals surface area contributed by atoms with Crippen LogP contribution in [0, 0.1) is 0 Å². The van der Waals surface area contributed by atoms with Gasteiger partial charge in [0.1, 0.15) is 0 Å². The van der Waals surface area contributed by atoms with Crippen molar-refractivity contribution in [2.45, 2.75) is 9.79 Å². The molecule has 0 radical (unpaired) electrons. The third-order valence-electron chi connectivity index (χ3n) is 3.52. The van der Waals surface area contributed by atoms with E-state index in [0.717, 1.165) is 25.5 Å². The van der Waals surface area contributed by atoms with E-state index in [9.17, 15) is 0 Å². The molecular weight excluding hydrogens is 403 g/mol. The van der Waals surface area contributed by atoms with Crippen molar-refractivity contribution in [3.63, 3.8) is 0 Å². The summed E-state index contributed by atoms with van der Waals surface area (Å²) in [6.07, 6.45) is 0. The van der Waals surface area contributed by atoms with Crippen LogP contribution in [0.1, 0.15) is 0 Å². The van der Waals surface area contributed by atoms with Crippen LogP contribution in [0.4, 0.5) is 0 Å². The Morgan fingerprint density at radius 1 is 0.792 bits per heavy atom. The van der Waals surface area contributed by atoms with Gasteiger partial charge in [-0.3, -0.25) is 0 Å². The molecule has 1 aromatic heterocycles. The summed E-state index contributed by atoms with van der Waals surface area (Å²) in [5, 5.41) is 1.92. The summed E-state index contributed by atoms with van der Waals surface area (Å²) in [6.45, 7) is 0. The summed E-state index contributed by atoms with van der Waals surface area (Å²) in [5.74, 6) is 0. The molecule has 1 nitrogen and oxygen atoms in total. The van der Waals surface area contributed by atoms with Crippen LogP contribution >= 0.6 is 23.4 Å². The van der Waals surface area contributed by atoms with Crippen molar-refractivity contribution in [3.8, 4) is 0 Å². The van der Waals surface area contributed by atoms with E-state index in [1.165, 1.54) is 9.36 Å². The van der Waals surface area contributed by atoms with Gasteiger partial charge in [0.05, 0.1) is 0 Å². The number of para-hydroxylation sites is 1. The fourth-order valence-corrected chi connectivity index (χ4v) is 5.83. The second-order valence-corrected chi connectivity index (χ2v) is 8.82. The van der Waals surface area contributed by atoms with Gasteiger partial charge in [0.15, 0.2) is 0 Å². The summed E-state index contributed by atoms with van der Waals surface area (Å²) < 4.78 is 8.52. The van der Waals surface area contributed by atoms with Gasteiger partial charge in [0.2, 0.25) is 0 Å². The van der Waals surface area contributed by atoms with Crippen molar-refractivity contribution < 1.29 is 4.42 Å². The van der Waals surface area contributed by atoms with Crippen LogP contribution in [0.3, 0.4) is 0 Å². The van der Waals surface area contributed by atoms with Gasteiger partial charge in [-0.05, 0) is 0 Å². The molecule has 0 atom stereocenters. The average Bonchev–Trinajstić information content (AvgIpc) is 2.95. The van der Waals surface area contributed by atoms with Crippen molar-refractivity contribution in [1.29, 1.82) is 0 Å². The molecule has 0 fully saturated rings. The van der Waals surface area contributed by atoms with E-state index in [1.54, 1.807) is 11.8 Å². The van der Waals surface area contributed by atoms with Crippen molar-refractivity contribution in [1.82, 2.24) is 0 Å². The Balaban J connectivity index is 1.80. The Morgan fingerprint density at radius 2 is 1.50 bits per heavy atom. The fraction of sp³-hybridized carbons (Fsp3) is 0. The fourth-order valence-electron chi connectivity index (χ4n) is 2.40. The maximum atomic E-state index is 6.36. The van der Waals surface area contributed by atoms with Gasteiger partial charge in [-0.2, -0.15) is 0 Å². The molecule has 0 bridgehead atoms. The van der Waals surface area contributed by atoms with Gasteiger partial charge in [0.25, 0.3) is 0 Å². The van der Waals surface area contributed by atoms with Gasteiger partial charge in [-0.25, -0.2) is 0 Å². The van der Waals surface area contributed by atoms with Gasteiger partial charge in [-0.1, -0.05) is 0 Å². The molecule has 0 spiro atoms. The van der Waals surface area contributed by atoms with Crippen LogP contribution in [0.15, 0.2) is 93.1 Å². The molecule has 4 rings (SSSR count). The summed E-state index contributed by atoms with van der Waals surface area (Å²) in [5.41, 5.74) is 0.930. The van der Waals surface area contributed by atoms with Crippen molar-refractivity contribution in [2.24, 2.45) is 0 Å². The van der Waals surface area contributed by atoms with Gasteiger partial charge in [0, 0.05) is 0 Å². The van der Waals surface area contributed by atoms with Gasteiger partial charge in [-0.15, -0.1) is 0 Å². The molecule has 3 aromatic carbocycles. The van der Waals surface area contributed by atoms with Crippen LogP contribution in [-0.2, 0) is 0 Å². The Kier molecular flexibility index (Phi) is 4.68. The van der Waals surface area contributed by atoms with Gasteiger partial charge >= 0.3 is 157 Å². The number of rotatable bonds is 4. The topological polar surface area (TPSA) is 13.1 Å². The molecule has 24 heavy (non-hydrogen) atoms. The van der Waals surface area contributed by atoms with E-state index in [2.05, 4.69) is 30.3 Å². The minimum atomic E-state index is 0.115. The SMILES string of the molecule is Clc1ccccc1Sc1c([Se]c2ccccc2)oc2ccccc12. The van der Waals surface area contributed by atoms with Crippen molar-refractivity contribution >= 4 is 58.4 Å². The molecule has 0 saturated heterocycles. The van der Waals surface area contributed by atoms with E-state index >= 15 is 0 Å². The number of hydrogen-bond acceptors (Lipinski definition) is 2. The molecule has 4 heteroatoms. The summed E-state index contributed by atoms with van der Waals surface area (Å²) in [4.78, 5) is 2.22. The third-order valence-corrected chi connectivity index (χ3v) is 7.50. The summed E-state index contributed by atoms with van der Waals surface area (Å²) >= 11 is 8.16. The van der Waals surface area contributed by atoms with Crippen LogP contribution < -0.4 is 9.12 Å². The Labute approximate surface area is 156 Å². The van der Waals surface area contributed by atoms with Crippen LogP contribution in [-0.4, -0.2) is 15.0 Å². The predicted molar refractivity (Wildman–Crippen MR) is 103 cm³/mol. The Hall–Kier alpha value is -1.64. The maximum absolute atomic E-state index is 6.36. The van der Waals surface area contributed by atoms with E-state index in [4.69, 9.17) is 16.0 Å². The zero-order valence-corrected chi connectivity index (χ0v) is 15.9. The second-order valence-electron chi connectivity index (χ2n) is 5.16. The second kappa shape index (κ2) is 7.08. The quantitative estimate of drug-likeness (QED) is 0.440. The van der Waals surface area contributed by atoms with Gasteiger partial charge < -0.3 is 0 Å². The molecule has 0 aliphatic rings. The molecule has 118 valence electrons.